The molecule has 0 saturated carbocycles. The third-order valence-corrected chi connectivity index (χ3v) is 3.60. The van der Waals surface area contributed by atoms with Gasteiger partial charge in [0.25, 0.3) is 5.91 Å². The van der Waals surface area contributed by atoms with Crippen LogP contribution in [0.2, 0.25) is 0 Å². The first-order valence-electron chi connectivity index (χ1n) is 6.37. The topological polar surface area (TPSA) is 71.3 Å². The molecule has 2 N–H and O–H groups in total. The van der Waals surface area contributed by atoms with E-state index in [1.165, 1.54) is 0 Å². The van der Waals surface area contributed by atoms with Crippen LogP contribution in [0.25, 0.3) is 0 Å². The van der Waals surface area contributed by atoms with E-state index < -0.39 is 11.9 Å². The van der Waals surface area contributed by atoms with Gasteiger partial charge in [-0.15, -0.1) is 0 Å². The van der Waals surface area contributed by atoms with E-state index in [1.54, 1.807) is 48.1 Å². The Bertz CT molecular complexity index is 652. The van der Waals surface area contributed by atoms with E-state index in [1.807, 2.05) is 6.07 Å². The fraction of sp³-hybridized carbons (Fsp3) is 0.200. The van der Waals surface area contributed by atoms with Gasteiger partial charge in [-0.1, -0.05) is 30.3 Å². The molecule has 1 aromatic heterocycles. The van der Waals surface area contributed by atoms with Crippen molar-refractivity contribution in [3.05, 3.63) is 58.3 Å². The number of carboxylic acid groups (broad SMARTS) is 1. The van der Waals surface area contributed by atoms with Crippen molar-refractivity contribution in [2.24, 2.45) is 7.05 Å². The molecule has 0 spiro atoms. The second-order valence-electron chi connectivity index (χ2n) is 4.67. The third-order valence-electron chi connectivity index (χ3n) is 3.17. The predicted molar refractivity (Wildman–Crippen MR) is 82.3 cm³/mol. The number of carbonyl (C=O) groups is 2. The summed E-state index contributed by atoms with van der Waals surface area (Å²) in [6.07, 6.45) is 1.76. The Balaban J connectivity index is 2.08. The van der Waals surface area contributed by atoms with Gasteiger partial charge in [0.15, 0.2) is 0 Å². The second kappa shape index (κ2) is 6.58. The summed E-state index contributed by atoms with van der Waals surface area (Å²) in [5.41, 5.74) is 1.14. The molecule has 2 rings (SSSR count). The van der Waals surface area contributed by atoms with Crippen molar-refractivity contribution in [3.63, 3.8) is 0 Å². The fourth-order valence-corrected chi connectivity index (χ4v) is 2.59. The molecule has 0 saturated heterocycles. The predicted octanol–water partition coefficient (Wildman–Crippen LogP) is 2.39. The van der Waals surface area contributed by atoms with Crippen molar-refractivity contribution < 1.29 is 14.7 Å². The van der Waals surface area contributed by atoms with Crippen molar-refractivity contribution in [2.45, 2.75) is 5.92 Å². The molecule has 5 nitrogen and oxygen atoms in total. The fourth-order valence-electron chi connectivity index (χ4n) is 2.07. The van der Waals surface area contributed by atoms with E-state index in [0.29, 0.717) is 11.3 Å². The first-order chi connectivity index (χ1) is 9.99. The number of amides is 1. The van der Waals surface area contributed by atoms with Crippen LogP contribution in [0.1, 0.15) is 22.0 Å². The van der Waals surface area contributed by atoms with Gasteiger partial charge < -0.3 is 15.0 Å². The number of hydrogen-bond donors (Lipinski definition) is 2. The van der Waals surface area contributed by atoms with Crippen molar-refractivity contribution >= 4 is 27.8 Å². The van der Waals surface area contributed by atoms with Crippen LogP contribution in [0.3, 0.4) is 0 Å². The molecule has 1 heterocycles. The molecular formula is C15H15BrN2O3. The zero-order chi connectivity index (χ0) is 15.4. The van der Waals surface area contributed by atoms with Crippen molar-refractivity contribution in [3.8, 4) is 0 Å². The summed E-state index contributed by atoms with van der Waals surface area (Å²) in [6, 6.07) is 10.5. The van der Waals surface area contributed by atoms with Crippen LogP contribution in [0, 0.1) is 0 Å². The summed E-state index contributed by atoms with van der Waals surface area (Å²) in [5, 5.41) is 12.0. The van der Waals surface area contributed by atoms with Gasteiger partial charge in [-0.2, -0.15) is 0 Å². The van der Waals surface area contributed by atoms with Crippen molar-refractivity contribution in [1.29, 1.82) is 0 Å². The number of nitrogens with one attached hydrogen (secondary N) is 1. The number of halogens is 1. The van der Waals surface area contributed by atoms with E-state index in [2.05, 4.69) is 21.2 Å². The molecule has 1 atom stereocenters. The SMILES string of the molecule is Cn1cc(Br)cc1C(=O)NCC(C(=O)O)c1ccccc1. The zero-order valence-electron chi connectivity index (χ0n) is 11.4. The van der Waals surface area contributed by atoms with Gasteiger partial charge in [0.05, 0.1) is 5.92 Å². The monoisotopic (exact) mass is 350 g/mol. The first kappa shape index (κ1) is 15.3. The third kappa shape index (κ3) is 3.72. The highest BCUT2D eigenvalue weighted by atomic mass is 79.9. The summed E-state index contributed by atoms with van der Waals surface area (Å²) >= 11 is 3.30. The van der Waals surface area contributed by atoms with E-state index in [4.69, 9.17) is 0 Å². The molecule has 0 aliphatic carbocycles. The van der Waals surface area contributed by atoms with Crippen LogP contribution in [-0.4, -0.2) is 28.1 Å². The van der Waals surface area contributed by atoms with Crippen molar-refractivity contribution in [1.82, 2.24) is 9.88 Å². The van der Waals surface area contributed by atoms with Crippen LogP contribution in [0.15, 0.2) is 47.1 Å². The van der Waals surface area contributed by atoms with Crippen LogP contribution in [0.5, 0.6) is 0 Å². The molecule has 0 bridgehead atoms. The molecule has 0 fully saturated rings. The second-order valence-corrected chi connectivity index (χ2v) is 5.58. The number of aromatic nitrogens is 1. The molecule has 1 aromatic carbocycles. The minimum absolute atomic E-state index is 0.0426. The highest BCUT2D eigenvalue weighted by Gasteiger charge is 2.21. The van der Waals surface area contributed by atoms with E-state index in [-0.39, 0.29) is 12.5 Å². The summed E-state index contributed by atoms with van der Waals surface area (Å²) in [6.45, 7) is 0.0426. The Labute approximate surface area is 130 Å². The lowest BCUT2D eigenvalue weighted by Gasteiger charge is -2.14. The van der Waals surface area contributed by atoms with E-state index in [9.17, 15) is 14.7 Å². The number of benzene rings is 1. The number of aliphatic carboxylic acids is 1. The minimum Gasteiger partial charge on any atom is -0.481 e. The van der Waals surface area contributed by atoms with Crippen molar-refractivity contribution in [2.75, 3.05) is 6.54 Å². The highest BCUT2D eigenvalue weighted by Crippen LogP contribution is 2.16. The van der Waals surface area contributed by atoms with Gasteiger partial charge in [-0.3, -0.25) is 9.59 Å². The van der Waals surface area contributed by atoms with E-state index >= 15 is 0 Å². The standard InChI is InChI=1S/C15H15BrN2O3/c1-18-9-11(16)7-13(18)14(19)17-8-12(15(20)21)10-5-3-2-4-6-10/h2-7,9,12H,8H2,1H3,(H,17,19)(H,20,21). The zero-order valence-corrected chi connectivity index (χ0v) is 13.0. The summed E-state index contributed by atoms with van der Waals surface area (Å²) < 4.78 is 2.48. The first-order valence-corrected chi connectivity index (χ1v) is 7.16. The lowest BCUT2D eigenvalue weighted by Crippen LogP contribution is -2.32. The van der Waals surface area contributed by atoms with Gasteiger partial charge in [0.2, 0.25) is 0 Å². The Morgan fingerprint density at radius 2 is 2.00 bits per heavy atom. The average Bonchev–Trinajstić information content (AvgIpc) is 2.78. The van der Waals surface area contributed by atoms with Gasteiger partial charge >= 0.3 is 5.97 Å². The van der Waals surface area contributed by atoms with Crippen LogP contribution < -0.4 is 5.32 Å². The maximum atomic E-state index is 12.1. The summed E-state index contributed by atoms with van der Waals surface area (Å²) in [7, 11) is 1.76. The number of carbonyl (C=O) groups excluding carboxylic acids is 1. The Morgan fingerprint density at radius 3 is 2.52 bits per heavy atom. The molecule has 0 radical (unpaired) electrons. The summed E-state index contributed by atoms with van der Waals surface area (Å²) in [5.74, 6) is -2.03. The molecule has 0 aliphatic heterocycles. The largest absolute Gasteiger partial charge is 0.481 e. The maximum Gasteiger partial charge on any atom is 0.312 e. The van der Waals surface area contributed by atoms with Gasteiger partial charge in [-0.25, -0.2) is 0 Å². The number of rotatable bonds is 5. The van der Waals surface area contributed by atoms with Gasteiger partial charge in [0.1, 0.15) is 5.69 Å². The Kier molecular flexibility index (Phi) is 4.80. The van der Waals surface area contributed by atoms with E-state index in [0.717, 1.165) is 4.47 Å². The summed E-state index contributed by atoms with van der Waals surface area (Å²) in [4.78, 5) is 23.4. The number of hydrogen-bond acceptors (Lipinski definition) is 2. The molecule has 2 aromatic rings. The molecule has 1 amide bonds. The van der Waals surface area contributed by atoms with Crippen LogP contribution >= 0.6 is 15.9 Å². The number of carboxylic acids is 1. The average molecular weight is 351 g/mol. The lowest BCUT2D eigenvalue weighted by atomic mass is 9.99. The normalized spacial score (nSPS) is 11.9. The smallest absolute Gasteiger partial charge is 0.312 e. The molecule has 110 valence electrons. The Morgan fingerprint density at radius 1 is 1.33 bits per heavy atom. The number of nitrogens with zero attached hydrogens (tertiary/aromatic N) is 1. The molecule has 6 heteroatoms. The maximum absolute atomic E-state index is 12.1. The van der Waals surface area contributed by atoms with Crippen LogP contribution in [0.4, 0.5) is 0 Å². The number of aryl methyl sites for hydroxylation is 1. The van der Waals surface area contributed by atoms with Gasteiger partial charge in [-0.05, 0) is 27.6 Å². The quantitative estimate of drug-likeness (QED) is 0.869. The van der Waals surface area contributed by atoms with Gasteiger partial charge in [0, 0.05) is 24.3 Å². The minimum atomic E-state index is -0.963. The Hall–Kier alpha value is -2.08. The highest BCUT2D eigenvalue weighted by molar-refractivity contribution is 9.10. The molecule has 21 heavy (non-hydrogen) atoms. The molecular weight excluding hydrogens is 336 g/mol. The van der Waals surface area contributed by atoms with Crippen LogP contribution in [-0.2, 0) is 11.8 Å². The molecule has 0 aliphatic rings. The lowest BCUT2D eigenvalue weighted by molar-refractivity contribution is -0.138. The molecule has 1 unspecified atom stereocenters.